The monoisotopic (exact) mass is 419 g/mol. The number of β-amino-alcohol motifs (C(OH)–C–C–N with tert-alkyl or cyclic N) is 1. The Hall–Kier alpha value is -3.01. The van der Waals surface area contributed by atoms with Crippen LogP contribution in [0.25, 0.3) is 0 Å². The van der Waals surface area contributed by atoms with E-state index in [1.807, 2.05) is 25.1 Å². The van der Waals surface area contributed by atoms with E-state index in [2.05, 4.69) is 51.2 Å². The number of carbonyl (C=O) groups excluding carboxylic acids is 1. The number of fused-ring (bicyclic) bond motifs is 1. The summed E-state index contributed by atoms with van der Waals surface area (Å²) in [7, 11) is 0. The van der Waals surface area contributed by atoms with Crippen molar-refractivity contribution in [1.29, 1.82) is 0 Å². The lowest BCUT2D eigenvalue weighted by Gasteiger charge is -2.36. The van der Waals surface area contributed by atoms with Crippen molar-refractivity contribution in [2.75, 3.05) is 49.5 Å². The molecule has 6 nitrogen and oxygen atoms in total. The molecular weight excluding hydrogens is 390 g/mol. The van der Waals surface area contributed by atoms with Gasteiger partial charge in [-0.15, -0.1) is 5.92 Å². The molecule has 0 bridgehead atoms. The van der Waals surface area contributed by atoms with E-state index in [-0.39, 0.29) is 12.5 Å². The van der Waals surface area contributed by atoms with Crippen molar-refractivity contribution in [2.24, 2.45) is 0 Å². The minimum absolute atomic E-state index is 0.0551. The van der Waals surface area contributed by atoms with Crippen LogP contribution in [0.2, 0.25) is 0 Å². The van der Waals surface area contributed by atoms with Gasteiger partial charge in [-0.25, -0.2) is 0 Å². The highest BCUT2D eigenvalue weighted by Crippen LogP contribution is 2.27. The predicted molar refractivity (Wildman–Crippen MR) is 123 cm³/mol. The lowest BCUT2D eigenvalue weighted by molar-refractivity contribution is -0.116. The fraction of sp³-hybridized carbons (Fsp3) is 0.400. The lowest BCUT2D eigenvalue weighted by Crippen LogP contribution is -2.49. The minimum Gasteiger partial charge on any atom is -0.491 e. The molecule has 2 aliphatic rings. The van der Waals surface area contributed by atoms with Gasteiger partial charge in [0.1, 0.15) is 18.5 Å². The third-order valence-electron chi connectivity index (χ3n) is 5.76. The number of ether oxygens (including phenoxy) is 1. The maximum atomic E-state index is 11.5. The molecule has 2 aliphatic heterocycles. The van der Waals surface area contributed by atoms with Crippen molar-refractivity contribution in [2.45, 2.75) is 25.9 Å². The highest BCUT2D eigenvalue weighted by atomic mass is 16.5. The van der Waals surface area contributed by atoms with E-state index in [0.717, 1.165) is 55.2 Å². The van der Waals surface area contributed by atoms with Crippen LogP contribution in [0, 0.1) is 11.8 Å². The zero-order valence-electron chi connectivity index (χ0n) is 17.9. The van der Waals surface area contributed by atoms with Crippen LogP contribution in [0.5, 0.6) is 5.75 Å². The van der Waals surface area contributed by atoms with Crippen LogP contribution < -0.4 is 15.0 Å². The van der Waals surface area contributed by atoms with Gasteiger partial charge in [-0.05, 0) is 61.4 Å². The number of benzene rings is 2. The molecule has 1 fully saturated rings. The molecule has 1 saturated heterocycles. The molecule has 0 aromatic heterocycles. The fourth-order valence-electron chi connectivity index (χ4n) is 4.08. The fourth-order valence-corrected chi connectivity index (χ4v) is 4.08. The van der Waals surface area contributed by atoms with Gasteiger partial charge in [0, 0.05) is 56.1 Å². The van der Waals surface area contributed by atoms with Crippen LogP contribution in [0.4, 0.5) is 11.4 Å². The maximum Gasteiger partial charge on any atom is 0.224 e. The Labute approximate surface area is 183 Å². The van der Waals surface area contributed by atoms with Gasteiger partial charge in [-0.2, -0.15) is 0 Å². The third kappa shape index (κ3) is 5.57. The van der Waals surface area contributed by atoms with E-state index >= 15 is 0 Å². The average molecular weight is 420 g/mol. The van der Waals surface area contributed by atoms with Crippen molar-refractivity contribution in [1.82, 2.24) is 4.90 Å². The molecule has 31 heavy (non-hydrogen) atoms. The summed E-state index contributed by atoms with van der Waals surface area (Å²) in [4.78, 5) is 16.1. The number of amides is 1. The van der Waals surface area contributed by atoms with Crippen LogP contribution in [0.15, 0.2) is 42.5 Å². The van der Waals surface area contributed by atoms with E-state index in [1.54, 1.807) is 0 Å². The Morgan fingerprint density at radius 3 is 2.61 bits per heavy atom. The van der Waals surface area contributed by atoms with Crippen LogP contribution >= 0.6 is 0 Å². The van der Waals surface area contributed by atoms with Crippen LogP contribution in [-0.2, 0) is 11.2 Å². The number of hydrogen-bond donors (Lipinski definition) is 2. The summed E-state index contributed by atoms with van der Waals surface area (Å²) >= 11 is 0. The van der Waals surface area contributed by atoms with Crippen molar-refractivity contribution in [3.8, 4) is 17.6 Å². The number of anilines is 2. The SMILES string of the molecule is CC#Cc1ccc(N2CCN(C[C@H](O)COc3ccc4c(c3)CCC(=O)N4)CC2)cc1. The first-order valence-electron chi connectivity index (χ1n) is 10.8. The number of rotatable bonds is 6. The first kappa shape index (κ1) is 21.2. The molecule has 6 heteroatoms. The smallest absolute Gasteiger partial charge is 0.224 e. The summed E-state index contributed by atoms with van der Waals surface area (Å²) in [6.07, 6.45) is 0.677. The molecule has 2 heterocycles. The number of piperazine rings is 1. The summed E-state index contributed by atoms with van der Waals surface area (Å²) in [5, 5.41) is 13.3. The Morgan fingerprint density at radius 2 is 1.87 bits per heavy atom. The van der Waals surface area contributed by atoms with Crippen molar-refractivity contribution in [3.05, 3.63) is 53.6 Å². The molecule has 0 spiro atoms. The van der Waals surface area contributed by atoms with Gasteiger partial charge in [-0.3, -0.25) is 9.69 Å². The van der Waals surface area contributed by atoms with Crippen LogP contribution in [0.1, 0.15) is 24.5 Å². The molecule has 0 saturated carbocycles. The van der Waals surface area contributed by atoms with Crippen molar-refractivity contribution in [3.63, 3.8) is 0 Å². The molecule has 1 amide bonds. The van der Waals surface area contributed by atoms with Gasteiger partial charge in [0.05, 0.1) is 0 Å². The molecule has 0 radical (unpaired) electrons. The topological polar surface area (TPSA) is 65.0 Å². The second-order valence-electron chi connectivity index (χ2n) is 8.04. The van der Waals surface area contributed by atoms with Crippen molar-refractivity contribution >= 4 is 17.3 Å². The van der Waals surface area contributed by atoms with Gasteiger partial charge < -0.3 is 20.1 Å². The molecule has 2 aromatic rings. The molecule has 0 aliphatic carbocycles. The number of nitrogens with zero attached hydrogens (tertiary/aromatic N) is 2. The second-order valence-corrected chi connectivity index (χ2v) is 8.04. The Bertz CT molecular complexity index is 970. The van der Waals surface area contributed by atoms with E-state index in [9.17, 15) is 9.90 Å². The van der Waals surface area contributed by atoms with Gasteiger partial charge in [0.2, 0.25) is 5.91 Å². The third-order valence-corrected chi connectivity index (χ3v) is 5.76. The van der Waals surface area contributed by atoms with Gasteiger partial charge in [-0.1, -0.05) is 5.92 Å². The number of aryl methyl sites for hydroxylation is 1. The largest absolute Gasteiger partial charge is 0.491 e. The quantitative estimate of drug-likeness (QED) is 0.705. The molecular formula is C25H29N3O3. The van der Waals surface area contributed by atoms with E-state index in [4.69, 9.17) is 4.74 Å². The number of aliphatic hydroxyl groups is 1. The number of hydrogen-bond acceptors (Lipinski definition) is 5. The Kier molecular flexibility index (Phi) is 6.76. The molecule has 162 valence electrons. The summed E-state index contributed by atoms with van der Waals surface area (Å²) in [6, 6.07) is 14.0. The number of aliphatic hydroxyl groups excluding tert-OH is 1. The maximum absolute atomic E-state index is 11.5. The van der Waals surface area contributed by atoms with Gasteiger partial charge >= 0.3 is 0 Å². The summed E-state index contributed by atoms with van der Waals surface area (Å²) in [5.41, 5.74) is 4.19. The molecule has 4 rings (SSSR count). The second kappa shape index (κ2) is 9.86. The zero-order chi connectivity index (χ0) is 21.6. The van der Waals surface area contributed by atoms with Gasteiger partial charge in [0.15, 0.2) is 0 Å². The Morgan fingerprint density at radius 1 is 1.10 bits per heavy atom. The van der Waals surface area contributed by atoms with Gasteiger partial charge in [0.25, 0.3) is 0 Å². The normalized spacial score (nSPS) is 17.2. The molecule has 1 atom stereocenters. The number of nitrogens with one attached hydrogen (secondary N) is 1. The summed E-state index contributed by atoms with van der Waals surface area (Å²) in [6.45, 7) is 6.38. The van der Waals surface area contributed by atoms with E-state index < -0.39 is 6.10 Å². The molecule has 2 N–H and O–H groups in total. The highest BCUT2D eigenvalue weighted by Gasteiger charge is 2.20. The minimum atomic E-state index is -0.547. The number of carbonyl (C=O) groups is 1. The standard InChI is InChI=1S/C25H29N3O3/c1-2-3-19-4-7-21(8-5-19)28-14-12-27(13-15-28)17-22(29)18-31-23-9-10-24-20(16-23)6-11-25(30)26-24/h4-5,7-10,16,22,29H,6,11-15,17-18H2,1H3,(H,26,30)/t22-/m0/s1. The molecule has 0 unspecified atom stereocenters. The van der Waals surface area contributed by atoms with Crippen LogP contribution in [0.3, 0.4) is 0 Å². The predicted octanol–water partition coefficient (Wildman–Crippen LogP) is 2.50. The highest BCUT2D eigenvalue weighted by molar-refractivity contribution is 5.94. The Balaban J connectivity index is 1.21. The van der Waals surface area contributed by atoms with E-state index in [1.165, 1.54) is 5.69 Å². The summed E-state index contributed by atoms with van der Waals surface area (Å²) < 4.78 is 5.81. The lowest BCUT2D eigenvalue weighted by atomic mass is 10.0. The van der Waals surface area contributed by atoms with E-state index in [0.29, 0.717) is 13.0 Å². The van der Waals surface area contributed by atoms with Crippen LogP contribution in [-0.4, -0.2) is 61.3 Å². The zero-order valence-corrected chi connectivity index (χ0v) is 17.9. The average Bonchev–Trinajstić information content (AvgIpc) is 2.79. The summed E-state index contributed by atoms with van der Waals surface area (Å²) in [5.74, 6) is 6.78. The first-order valence-corrected chi connectivity index (χ1v) is 10.8. The first-order chi connectivity index (χ1) is 15.1. The van der Waals surface area contributed by atoms with Crippen molar-refractivity contribution < 1.29 is 14.6 Å². The molecule has 2 aromatic carbocycles.